The second kappa shape index (κ2) is 7.07. The molecule has 31 heavy (non-hydrogen) atoms. The summed E-state index contributed by atoms with van der Waals surface area (Å²) in [5.74, 6) is 0. The fourth-order valence-electron chi connectivity index (χ4n) is 4.79. The lowest BCUT2D eigenvalue weighted by Crippen LogP contribution is -1.92. The molecule has 1 heterocycles. The molecule has 0 saturated carbocycles. The van der Waals surface area contributed by atoms with Crippen LogP contribution in [0, 0.1) is 6.92 Å². The lowest BCUT2D eigenvalue weighted by Gasteiger charge is -2.18. The quantitative estimate of drug-likeness (QED) is 0.269. The summed E-state index contributed by atoms with van der Waals surface area (Å²) < 4.78 is 0. The third-order valence-corrected chi connectivity index (χ3v) is 6.22. The van der Waals surface area contributed by atoms with E-state index in [1.165, 1.54) is 60.1 Å². The summed E-state index contributed by atoms with van der Waals surface area (Å²) >= 11 is 0. The molecule has 146 valence electrons. The van der Waals surface area contributed by atoms with Gasteiger partial charge < -0.3 is 0 Å². The Labute approximate surface area is 181 Å². The average molecular weight is 396 g/mol. The van der Waals surface area contributed by atoms with E-state index in [0.29, 0.717) is 0 Å². The van der Waals surface area contributed by atoms with Gasteiger partial charge in [-0.3, -0.25) is 4.98 Å². The zero-order valence-electron chi connectivity index (χ0n) is 17.3. The van der Waals surface area contributed by atoms with Crippen LogP contribution in [0.25, 0.3) is 54.6 Å². The van der Waals surface area contributed by atoms with Gasteiger partial charge in [-0.15, -0.1) is 0 Å². The first-order valence-electron chi connectivity index (χ1n) is 10.6. The fourth-order valence-corrected chi connectivity index (χ4v) is 4.79. The zero-order chi connectivity index (χ0) is 20.8. The molecular formula is C30H21N. The molecule has 0 unspecified atom stereocenters. The van der Waals surface area contributed by atoms with E-state index in [1.807, 2.05) is 12.4 Å². The van der Waals surface area contributed by atoms with Gasteiger partial charge >= 0.3 is 0 Å². The second-order valence-corrected chi connectivity index (χ2v) is 8.11. The number of fused-ring (bicyclic) bond motifs is 3. The summed E-state index contributed by atoms with van der Waals surface area (Å²) in [6.45, 7) is 2.13. The third-order valence-electron chi connectivity index (χ3n) is 6.22. The lowest BCUT2D eigenvalue weighted by atomic mass is 9.85. The van der Waals surface area contributed by atoms with Crippen molar-refractivity contribution in [3.05, 3.63) is 115 Å². The van der Waals surface area contributed by atoms with E-state index in [4.69, 9.17) is 0 Å². The highest BCUT2D eigenvalue weighted by molar-refractivity contribution is 6.23. The molecule has 0 atom stereocenters. The maximum absolute atomic E-state index is 4.52. The molecule has 0 saturated heterocycles. The van der Waals surface area contributed by atoms with Gasteiger partial charge in [0.1, 0.15) is 0 Å². The molecule has 0 fully saturated rings. The van der Waals surface area contributed by atoms with Crippen molar-refractivity contribution in [3.63, 3.8) is 0 Å². The minimum Gasteiger partial charge on any atom is -0.264 e. The van der Waals surface area contributed by atoms with Gasteiger partial charge in [-0.25, -0.2) is 0 Å². The van der Waals surface area contributed by atoms with Crippen LogP contribution in [0.5, 0.6) is 0 Å². The van der Waals surface area contributed by atoms with Gasteiger partial charge in [0.05, 0.1) is 0 Å². The summed E-state index contributed by atoms with van der Waals surface area (Å²) in [6.07, 6.45) is 3.93. The van der Waals surface area contributed by atoms with Crippen LogP contribution in [-0.2, 0) is 0 Å². The molecule has 6 aromatic rings. The predicted octanol–water partition coefficient (Wildman–Crippen LogP) is 8.18. The van der Waals surface area contributed by atoms with Gasteiger partial charge in [0.15, 0.2) is 0 Å². The molecule has 0 amide bonds. The largest absolute Gasteiger partial charge is 0.264 e. The summed E-state index contributed by atoms with van der Waals surface area (Å²) in [5, 5.41) is 7.49. The summed E-state index contributed by atoms with van der Waals surface area (Å²) in [5.41, 5.74) is 6.29. The highest BCUT2D eigenvalue weighted by Gasteiger charge is 2.17. The van der Waals surface area contributed by atoms with Crippen molar-refractivity contribution in [2.75, 3.05) is 0 Å². The molecule has 1 heteroatoms. The number of aryl methyl sites for hydroxylation is 1. The van der Waals surface area contributed by atoms with Crippen LogP contribution in [0.1, 0.15) is 5.56 Å². The molecule has 0 N–H and O–H groups in total. The highest BCUT2D eigenvalue weighted by Crippen LogP contribution is 2.44. The van der Waals surface area contributed by atoms with Crippen LogP contribution in [0.4, 0.5) is 0 Å². The Morgan fingerprint density at radius 1 is 0.516 bits per heavy atom. The van der Waals surface area contributed by atoms with E-state index >= 15 is 0 Å². The number of pyridine rings is 1. The molecule has 0 spiro atoms. The van der Waals surface area contributed by atoms with Crippen LogP contribution < -0.4 is 0 Å². The van der Waals surface area contributed by atoms with Crippen molar-refractivity contribution in [1.29, 1.82) is 0 Å². The Morgan fingerprint density at radius 2 is 1.16 bits per heavy atom. The molecule has 0 bridgehead atoms. The molecular weight excluding hydrogens is 374 g/mol. The van der Waals surface area contributed by atoms with Crippen LogP contribution >= 0.6 is 0 Å². The average Bonchev–Trinajstić information content (AvgIpc) is 2.83. The number of rotatable bonds is 2. The normalized spacial score (nSPS) is 11.4. The molecule has 0 aliphatic carbocycles. The Bertz CT molecular complexity index is 1510. The summed E-state index contributed by atoms with van der Waals surface area (Å²) in [6, 6.07) is 35.0. The van der Waals surface area contributed by atoms with Gasteiger partial charge in [0, 0.05) is 17.8 Å². The Morgan fingerprint density at radius 3 is 1.97 bits per heavy atom. The van der Waals surface area contributed by atoms with Crippen molar-refractivity contribution in [2.45, 2.75) is 6.92 Å². The first kappa shape index (κ1) is 17.9. The molecule has 0 aliphatic rings. The standard InChI is InChI=1S/C30H21N/c1-20-13-15-22(16-14-20)29-25-10-4-5-11-26(25)30(27-17-18-31-19-28(27)29)24-12-6-8-21-7-2-3-9-23(21)24/h2-19H,1H3. The molecule has 0 aliphatic heterocycles. The molecule has 1 nitrogen and oxygen atoms in total. The van der Waals surface area contributed by atoms with E-state index in [9.17, 15) is 0 Å². The van der Waals surface area contributed by atoms with Crippen molar-refractivity contribution in [3.8, 4) is 22.3 Å². The first-order chi connectivity index (χ1) is 15.3. The molecule has 0 radical (unpaired) electrons. The van der Waals surface area contributed by atoms with E-state index in [1.54, 1.807) is 0 Å². The smallest absolute Gasteiger partial charge is 0.0353 e. The fraction of sp³-hybridized carbons (Fsp3) is 0.0333. The second-order valence-electron chi connectivity index (χ2n) is 8.11. The van der Waals surface area contributed by atoms with Crippen molar-refractivity contribution in [2.24, 2.45) is 0 Å². The number of nitrogens with zero attached hydrogens (tertiary/aromatic N) is 1. The van der Waals surface area contributed by atoms with Gasteiger partial charge in [-0.05, 0) is 62.2 Å². The summed E-state index contributed by atoms with van der Waals surface area (Å²) in [7, 11) is 0. The van der Waals surface area contributed by atoms with Crippen LogP contribution in [-0.4, -0.2) is 4.98 Å². The topological polar surface area (TPSA) is 12.9 Å². The van der Waals surface area contributed by atoms with E-state index < -0.39 is 0 Å². The van der Waals surface area contributed by atoms with Crippen LogP contribution in [0.2, 0.25) is 0 Å². The number of hydrogen-bond acceptors (Lipinski definition) is 1. The Balaban J connectivity index is 1.82. The highest BCUT2D eigenvalue weighted by atomic mass is 14.6. The van der Waals surface area contributed by atoms with Gasteiger partial charge in [-0.2, -0.15) is 0 Å². The van der Waals surface area contributed by atoms with Crippen molar-refractivity contribution >= 4 is 32.3 Å². The minimum atomic E-state index is 1.19. The first-order valence-corrected chi connectivity index (χ1v) is 10.6. The van der Waals surface area contributed by atoms with Gasteiger partial charge in [0.25, 0.3) is 0 Å². The SMILES string of the molecule is Cc1ccc(-c2c3ccccc3c(-c3cccc4ccccc34)c3ccncc23)cc1. The van der Waals surface area contributed by atoms with E-state index in [-0.39, 0.29) is 0 Å². The summed E-state index contributed by atoms with van der Waals surface area (Å²) in [4.78, 5) is 4.52. The third kappa shape index (κ3) is 2.82. The molecule has 6 rings (SSSR count). The van der Waals surface area contributed by atoms with Gasteiger partial charge in [0.2, 0.25) is 0 Å². The monoisotopic (exact) mass is 395 g/mol. The van der Waals surface area contributed by atoms with Crippen LogP contribution in [0.3, 0.4) is 0 Å². The van der Waals surface area contributed by atoms with E-state index in [2.05, 4.69) is 109 Å². The number of hydrogen-bond donors (Lipinski definition) is 0. The maximum Gasteiger partial charge on any atom is 0.0353 e. The lowest BCUT2D eigenvalue weighted by molar-refractivity contribution is 1.37. The molecule has 5 aromatic carbocycles. The van der Waals surface area contributed by atoms with E-state index in [0.717, 1.165) is 0 Å². The van der Waals surface area contributed by atoms with Crippen molar-refractivity contribution < 1.29 is 0 Å². The number of benzene rings is 5. The Kier molecular flexibility index (Phi) is 4.07. The Hall–Kier alpha value is -3.97. The maximum atomic E-state index is 4.52. The minimum absolute atomic E-state index is 1.19. The number of aromatic nitrogens is 1. The predicted molar refractivity (Wildman–Crippen MR) is 132 cm³/mol. The zero-order valence-corrected chi connectivity index (χ0v) is 17.3. The van der Waals surface area contributed by atoms with Gasteiger partial charge in [-0.1, -0.05) is 96.6 Å². The van der Waals surface area contributed by atoms with Crippen molar-refractivity contribution in [1.82, 2.24) is 4.98 Å². The van der Waals surface area contributed by atoms with Crippen LogP contribution in [0.15, 0.2) is 109 Å². The molecule has 1 aromatic heterocycles.